The number of carboxylic acids is 3. The zero-order valence-corrected chi connectivity index (χ0v) is 20.8. The number of benzene rings is 1. The van der Waals surface area contributed by atoms with Gasteiger partial charge in [-0.15, -0.1) is 0 Å². The Labute approximate surface area is 188 Å². The molecule has 1 rings (SSSR count). The van der Waals surface area contributed by atoms with E-state index in [1.54, 1.807) is 5.32 Å². The number of carbonyl (C=O) groups is 5. The molecule has 1 unspecified atom stereocenters. The molecule has 162 valence electrons. The Morgan fingerprint density at radius 1 is 1.00 bits per heavy atom. The average Bonchev–Trinajstić information content (AvgIpc) is 2.66. The molecule has 0 bridgehead atoms. The number of hydrogen-bond acceptors (Lipinski definition) is 6. The molecule has 0 spiro atoms. The van der Waals surface area contributed by atoms with Crippen molar-refractivity contribution in [3.63, 3.8) is 0 Å². The summed E-state index contributed by atoms with van der Waals surface area (Å²) in [5, 5.41) is 29.5. The maximum absolute atomic E-state index is 11.5. The van der Waals surface area contributed by atoms with Gasteiger partial charge in [0.05, 0.1) is 6.42 Å². The number of ether oxygens (including phenoxy) is 1. The van der Waals surface area contributed by atoms with Crippen molar-refractivity contribution in [1.82, 2.24) is 10.6 Å². The summed E-state index contributed by atoms with van der Waals surface area (Å²) >= 11 is 0.845. The molecular weight excluding hydrogens is 593 g/mol. The Balaban J connectivity index is 0.000000564. The van der Waals surface area contributed by atoms with Gasteiger partial charge in [-0.05, 0) is 0 Å². The van der Waals surface area contributed by atoms with Crippen molar-refractivity contribution in [2.75, 3.05) is 13.1 Å². The first kappa shape index (κ1) is 27.3. The van der Waals surface area contributed by atoms with Crippen molar-refractivity contribution < 1.29 is 44.0 Å². The predicted octanol–water partition coefficient (Wildman–Crippen LogP) is -0.265. The van der Waals surface area contributed by atoms with Gasteiger partial charge >= 0.3 is 125 Å². The van der Waals surface area contributed by atoms with E-state index in [9.17, 15) is 24.0 Å². The van der Waals surface area contributed by atoms with Crippen LogP contribution in [0.15, 0.2) is 24.3 Å². The summed E-state index contributed by atoms with van der Waals surface area (Å²) in [6, 6.07) is 7.85. The van der Waals surface area contributed by atoms with Crippen molar-refractivity contribution in [2.24, 2.45) is 0 Å². The van der Waals surface area contributed by atoms with Crippen molar-refractivity contribution in [3.8, 4) is 0 Å². The molecule has 5 N–H and O–H groups in total. The number of nitrogens with one attached hydrogen (secondary N) is 2. The SMILES string of the molecule is CCCCNC(=O)c1cc[c]([Tl])cc1.O=C(O)CNC(=O)OC(CC(=O)O)C(=O)O. The molecule has 12 heteroatoms. The van der Waals surface area contributed by atoms with Gasteiger partial charge in [0.2, 0.25) is 6.10 Å². The van der Waals surface area contributed by atoms with Crippen molar-refractivity contribution in [3.05, 3.63) is 29.8 Å². The van der Waals surface area contributed by atoms with Crippen molar-refractivity contribution in [1.29, 1.82) is 0 Å². The topological polar surface area (TPSA) is 179 Å². The molecule has 0 aliphatic carbocycles. The first-order chi connectivity index (χ1) is 14.1. The van der Waals surface area contributed by atoms with Crippen LogP contribution in [0, 0.1) is 0 Å². The van der Waals surface area contributed by atoms with Crippen LogP contribution in [0.4, 0.5) is 4.79 Å². The molecule has 0 aliphatic heterocycles. The minimum atomic E-state index is -1.86. The summed E-state index contributed by atoms with van der Waals surface area (Å²) in [6.45, 7) is 2.14. The zero-order chi connectivity index (χ0) is 23.1. The first-order valence-electron chi connectivity index (χ1n) is 8.81. The molecule has 0 radical (unpaired) electrons. The van der Waals surface area contributed by atoms with Gasteiger partial charge in [-0.1, -0.05) is 0 Å². The molecule has 2 amide bonds. The van der Waals surface area contributed by atoms with E-state index < -0.39 is 43.1 Å². The van der Waals surface area contributed by atoms with Crippen LogP contribution in [0.5, 0.6) is 0 Å². The van der Waals surface area contributed by atoms with Gasteiger partial charge in [0.15, 0.2) is 0 Å². The van der Waals surface area contributed by atoms with Gasteiger partial charge in [-0.3, -0.25) is 9.59 Å². The van der Waals surface area contributed by atoms with Crippen molar-refractivity contribution in [2.45, 2.75) is 32.3 Å². The normalized spacial score (nSPS) is 10.5. The van der Waals surface area contributed by atoms with Crippen LogP contribution in [-0.2, 0) is 19.1 Å². The van der Waals surface area contributed by atoms with Crippen LogP contribution in [0.25, 0.3) is 0 Å². The van der Waals surface area contributed by atoms with Gasteiger partial charge < -0.3 is 25.4 Å². The van der Waals surface area contributed by atoms with Crippen LogP contribution < -0.4 is 13.8 Å². The van der Waals surface area contributed by atoms with E-state index in [0.717, 1.165) is 50.7 Å². The molecule has 0 fully saturated rings. The third-order valence-electron chi connectivity index (χ3n) is 3.26. The maximum atomic E-state index is 11.5. The van der Waals surface area contributed by atoms with Gasteiger partial charge in [0.1, 0.15) is 6.54 Å². The second-order valence-corrected chi connectivity index (χ2v) is 8.40. The monoisotopic (exact) mass is 616 g/mol. The van der Waals surface area contributed by atoms with Gasteiger partial charge in [-0.25, -0.2) is 9.59 Å². The Morgan fingerprint density at radius 2 is 1.60 bits per heavy atom. The standard InChI is InChI=1S/C11H14NO.C7H9NO8.Tl/c1-2-3-9-12-11(13)10-7-5-4-6-8-10;9-4(10)1-3(6(13)14)16-7(15)8-2-5(11)12;/h5-8H,2-3,9H2,1H3,(H,12,13);3H,1-2H2,(H,8,15)(H,9,10)(H,11,12)(H,13,14);. The van der Waals surface area contributed by atoms with Gasteiger partial charge in [0.25, 0.3) is 0 Å². The Bertz CT molecular complexity index is 738. The second kappa shape index (κ2) is 15.2. The summed E-state index contributed by atoms with van der Waals surface area (Å²) in [7, 11) is 0. The van der Waals surface area contributed by atoms with E-state index in [4.69, 9.17) is 15.3 Å². The zero-order valence-electron chi connectivity index (χ0n) is 16.3. The summed E-state index contributed by atoms with van der Waals surface area (Å²) < 4.78 is 5.52. The van der Waals surface area contributed by atoms with Crippen LogP contribution in [0.1, 0.15) is 36.5 Å². The smallest absolute Gasteiger partial charge is 0.408 e. The third-order valence-corrected chi connectivity index (χ3v) is 4.75. The number of aliphatic carboxylic acids is 3. The maximum Gasteiger partial charge on any atom is 0.408 e. The third kappa shape index (κ3) is 13.5. The Hall–Kier alpha value is -2.71. The fourth-order valence-corrected chi connectivity index (χ4v) is 2.52. The van der Waals surface area contributed by atoms with E-state index in [0.29, 0.717) is 0 Å². The number of unbranched alkanes of at least 4 members (excludes halogenated alkanes) is 1. The van der Waals surface area contributed by atoms with E-state index in [-0.39, 0.29) is 5.91 Å². The van der Waals surface area contributed by atoms with Gasteiger partial charge in [-0.2, -0.15) is 0 Å². The quantitative estimate of drug-likeness (QED) is 0.175. The van der Waals surface area contributed by atoms with Crippen molar-refractivity contribution >= 4 is 58.8 Å². The Kier molecular flexibility index (Phi) is 13.8. The molecule has 1 aromatic rings. The molecule has 0 saturated carbocycles. The minimum Gasteiger partial charge on any atom is -0.481 e. The minimum absolute atomic E-state index is 0.0449. The summed E-state index contributed by atoms with van der Waals surface area (Å²) in [6.07, 6.45) is -1.91. The second-order valence-electron chi connectivity index (χ2n) is 5.81. The average molecular weight is 616 g/mol. The largest absolute Gasteiger partial charge is 0.481 e. The van der Waals surface area contributed by atoms with E-state index in [2.05, 4.69) is 17.0 Å². The summed E-state index contributed by atoms with van der Waals surface area (Å²) in [4.78, 5) is 53.0. The summed E-state index contributed by atoms with van der Waals surface area (Å²) in [5.74, 6) is -4.39. The van der Waals surface area contributed by atoms with Crippen LogP contribution in [0.3, 0.4) is 0 Å². The number of hydrogen-bond donors (Lipinski definition) is 5. The molecule has 0 aromatic heterocycles. The molecule has 11 nitrogen and oxygen atoms in total. The summed E-state index contributed by atoms with van der Waals surface area (Å²) in [5.41, 5.74) is 0.769. The van der Waals surface area contributed by atoms with Crippen LogP contribution in [-0.4, -0.2) is 90.2 Å². The molecule has 0 heterocycles. The number of rotatable bonds is 10. The van der Waals surface area contributed by atoms with Crippen LogP contribution >= 0.6 is 0 Å². The van der Waals surface area contributed by atoms with E-state index >= 15 is 0 Å². The van der Waals surface area contributed by atoms with E-state index in [1.807, 2.05) is 24.3 Å². The number of amides is 2. The van der Waals surface area contributed by atoms with Crippen LogP contribution in [0.2, 0.25) is 0 Å². The fraction of sp³-hybridized carbons (Fsp3) is 0.389. The molecule has 1 atom stereocenters. The predicted molar refractivity (Wildman–Crippen MR) is 105 cm³/mol. The first-order valence-corrected chi connectivity index (χ1v) is 11.1. The molecular formula is C18H23N2O9Tl. The molecule has 1 aromatic carbocycles. The van der Waals surface area contributed by atoms with E-state index in [1.165, 1.54) is 3.12 Å². The van der Waals surface area contributed by atoms with Gasteiger partial charge in [0, 0.05) is 0 Å². The number of alkyl carbamates (subject to hydrolysis) is 1. The molecule has 0 aliphatic rings. The fourth-order valence-electron chi connectivity index (χ4n) is 1.77. The number of carboxylic acid groups (broad SMARTS) is 3. The molecule has 0 saturated heterocycles. The molecule has 30 heavy (non-hydrogen) atoms. The number of carbonyl (C=O) groups excluding carboxylic acids is 2. The Morgan fingerprint density at radius 3 is 2.07 bits per heavy atom.